The van der Waals surface area contributed by atoms with E-state index in [1.807, 2.05) is 12.1 Å². The van der Waals surface area contributed by atoms with Crippen molar-refractivity contribution in [3.05, 3.63) is 35.4 Å². The van der Waals surface area contributed by atoms with Gasteiger partial charge in [0.25, 0.3) is 0 Å². The molecule has 1 heterocycles. The highest BCUT2D eigenvalue weighted by Gasteiger charge is 2.27. The first kappa shape index (κ1) is 13.5. The molecule has 0 atom stereocenters. The van der Waals surface area contributed by atoms with Crippen LogP contribution in [0.3, 0.4) is 0 Å². The number of hydrogen-bond acceptors (Lipinski definition) is 3. The second-order valence-electron chi connectivity index (χ2n) is 5.56. The second-order valence-corrected chi connectivity index (χ2v) is 5.56. The zero-order valence-electron chi connectivity index (χ0n) is 11.4. The summed E-state index contributed by atoms with van der Waals surface area (Å²) in [4.78, 5) is 2.51. The van der Waals surface area contributed by atoms with E-state index in [9.17, 15) is 0 Å². The van der Waals surface area contributed by atoms with E-state index in [-0.39, 0.29) is 6.61 Å². The first-order valence-corrected chi connectivity index (χ1v) is 6.75. The van der Waals surface area contributed by atoms with Gasteiger partial charge in [-0.3, -0.25) is 4.90 Å². The highest BCUT2D eigenvalue weighted by Crippen LogP contribution is 2.22. The quantitative estimate of drug-likeness (QED) is 0.852. The molecule has 1 aromatic carbocycles. The monoisotopic (exact) mass is 248 g/mol. The van der Waals surface area contributed by atoms with Gasteiger partial charge in [0.15, 0.2) is 0 Å². The third-order valence-electron chi connectivity index (χ3n) is 4.17. The first-order chi connectivity index (χ1) is 8.65. The van der Waals surface area contributed by atoms with E-state index in [1.54, 1.807) is 0 Å². The summed E-state index contributed by atoms with van der Waals surface area (Å²) in [6, 6.07) is 8.27. The summed E-state index contributed by atoms with van der Waals surface area (Å²) in [5, 5.41) is 12.4. The normalized spacial score (nSPS) is 19.9. The molecule has 3 nitrogen and oxygen atoms in total. The SMILES string of the molecule is CNC1(C)CCN(Cc2ccc(CO)cc2)CC1. The fourth-order valence-corrected chi connectivity index (χ4v) is 2.46. The molecule has 1 aromatic rings. The number of nitrogens with one attached hydrogen (secondary N) is 1. The summed E-state index contributed by atoms with van der Waals surface area (Å²) in [6.07, 6.45) is 2.41. The average Bonchev–Trinajstić information content (AvgIpc) is 2.42. The van der Waals surface area contributed by atoms with Crippen molar-refractivity contribution in [3.63, 3.8) is 0 Å². The van der Waals surface area contributed by atoms with Crippen LogP contribution in [0.2, 0.25) is 0 Å². The van der Waals surface area contributed by atoms with E-state index in [0.29, 0.717) is 5.54 Å². The number of piperidine rings is 1. The summed E-state index contributed by atoms with van der Waals surface area (Å²) in [6.45, 7) is 5.76. The predicted molar refractivity (Wildman–Crippen MR) is 74.3 cm³/mol. The molecule has 0 spiro atoms. The van der Waals surface area contributed by atoms with Gasteiger partial charge in [0.1, 0.15) is 0 Å². The Morgan fingerprint density at radius 1 is 1.17 bits per heavy atom. The maximum Gasteiger partial charge on any atom is 0.0681 e. The van der Waals surface area contributed by atoms with Gasteiger partial charge in [-0.05, 0) is 37.9 Å². The number of nitrogens with zero attached hydrogens (tertiary/aromatic N) is 1. The lowest BCUT2D eigenvalue weighted by Gasteiger charge is -2.39. The Hall–Kier alpha value is -0.900. The minimum atomic E-state index is 0.129. The van der Waals surface area contributed by atoms with Crippen molar-refractivity contribution in [3.8, 4) is 0 Å². The molecular formula is C15H24N2O. The van der Waals surface area contributed by atoms with Crippen LogP contribution in [0.1, 0.15) is 30.9 Å². The predicted octanol–water partition coefficient (Wildman–Crippen LogP) is 1.75. The molecule has 2 N–H and O–H groups in total. The van der Waals surface area contributed by atoms with Crippen LogP contribution in [0, 0.1) is 0 Å². The van der Waals surface area contributed by atoms with Crippen molar-refractivity contribution in [1.29, 1.82) is 0 Å². The van der Waals surface area contributed by atoms with E-state index in [4.69, 9.17) is 5.11 Å². The molecule has 1 aliphatic rings. The van der Waals surface area contributed by atoms with Gasteiger partial charge in [0, 0.05) is 25.2 Å². The molecule has 1 saturated heterocycles. The van der Waals surface area contributed by atoms with E-state index < -0.39 is 0 Å². The summed E-state index contributed by atoms with van der Waals surface area (Å²) >= 11 is 0. The molecule has 0 aromatic heterocycles. The number of aliphatic hydroxyl groups is 1. The summed E-state index contributed by atoms with van der Waals surface area (Å²) in [5.74, 6) is 0. The fourth-order valence-electron chi connectivity index (χ4n) is 2.46. The van der Waals surface area contributed by atoms with E-state index in [1.165, 1.54) is 18.4 Å². The molecule has 1 aliphatic heterocycles. The standard InChI is InChI=1S/C15H24N2O/c1-15(16-2)7-9-17(10-8-15)11-13-3-5-14(12-18)6-4-13/h3-6,16,18H,7-12H2,1-2H3. The number of likely N-dealkylation sites (tertiary alicyclic amines) is 1. The van der Waals surface area contributed by atoms with Crippen molar-refractivity contribution in [2.45, 2.75) is 38.5 Å². The Labute approximate surface area is 110 Å². The van der Waals surface area contributed by atoms with Gasteiger partial charge in [-0.2, -0.15) is 0 Å². The molecular weight excluding hydrogens is 224 g/mol. The number of hydrogen-bond donors (Lipinski definition) is 2. The lowest BCUT2D eigenvalue weighted by molar-refractivity contribution is 0.146. The van der Waals surface area contributed by atoms with Gasteiger partial charge in [-0.15, -0.1) is 0 Å². The molecule has 100 valence electrons. The van der Waals surface area contributed by atoms with Crippen LogP contribution in [0.4, 0.5) is 0 Å². The Morgan fingerprint density at radius 2 is 1.72 bits per heavy atom. The molecule has 0 saturated carbocycles. The van der Waals surface area contributed by atoms with Gasteiger partial charge in [0.2, 0.25) is 0 Å². The van der Waals surface area contributed by atoms with Gasteiger partial charge in [-0.1, -0.05) is 24.3 Å². The molecule has 2 rings (SSSR count). The average molecular weight is 248 g/mol. The Balaban J connectivity index is 1.87. The number of benzene rings is 1. The van der Waals surface area contributed by atoms with Crippen molar-refractivity contribution in [2.24, 2.45) is 0 Å². The zero-order valence-corrected chi connectivity index (χ0v) is 11.4. The lowest BCUT2D eigenvalue weighted by atomic mass is 9.90. The summed E-state index contributed by atoms with van der Waals surface area (Å²) in [7, 11) is 2.06. The van der Waals surface area contributed by atoms with Crippen LogP contribution in [0.25, 0.3) is 0 Å². The minimum Gasteiger partial charge on any atom is -0.392 e. The van der Waals surface area contributed by atoms with E-state index >= 15 is 0 Å². The third-order valence-corrected chi connectivity index (χ3v) is 4.17. The van der Waals surface area contributed by atoms with Crippen LogP contribution in [-0.4, -0.2) is 35.7 Å². The fraction of sp³-hybridized carbons (Fsp3) is 0.600. The molecule has 0 radical (unpaired) electrons. The molecule has 0 amide bonds. The van der Waals surface area contributed by atoms with Crippen LogP contribution in [-0.2, 0) is 13.2 Å². The van der Waals surface area contributed by atoms with E-state index in [0.717, 1.165) is 25.2 Å². The minimum absolute atomic E-state index is 0.129. The molecule has 0 bridgehead atoms. The number of rotatable bonds is 4. The molecule has 0 aliphatic carbocycles. The Morgan fingerprint density at radius 3 is 2.22 bits per heavy atom. The zero-order chi connectivity index (χ0) is 13.0. The van der Waals surface area contributed by atoms with Crippen molar-refractivity contribution in [1.82, 2.24) is 10.2 Å². The summed E-state index contributed by atoms with van der Waals surface area (Å²) < 4.78 is 0. The number of aliphatic hydroxyl groups excluding tert-OH is 1. The van der Waals surface area contributed by atoms with Crippen molar-refractivity contribution in [2.75, 3.05) is 20.1 Å². The van der Waals surface area contributed by atoms with Crippen molar-refractivity contribution >= 4 is 0 Å². The maximum atomic E-state index is 9.02. The Bertz CT molecular complexity index is 367. The third kappa shape index (κ3) is 3.31. The van der Waals surface area contributed by atoms with E-state index in [2.05, 4.69) is 36.3 Å². The van der Waals surface area contributed by atoms with Crippen LogP contribution < -0.4 is 5.32 Å². The van der Waals surface area contributed by atoms with Gasteiger partial charge < -0.3 is 10.4 Å². The van der Waals surface area contributed by atoms with Crippen LogP contribution >= 0.6 is 0 Å². The highest BCUT2D eigenvalue weighted by atomic mass is 16.3. The highest BCUT2D eigenvalue weighted by molar-refractivity contribution is 5.22. The Kier molecular flexibility index (Phi) is 4.38. The largest absolute Gasteiger partial charge is 0.392 e. The molecule has 3 heteroatoms. The first-order valence-electron chi connectivity index (χ1n) is 6.75. The molecule has 18 heavy (non-hydrogen) atoms. The van der Waals surface area contributed by atoms with Crippen LogP contribution in [0.15, 0.2) is 24.3 Å². The lowest BCUT2D eigenvalue weighted by Crippen LogP contribution is -2.49. The molecule has 0 unspecified atom stereocenters. The van der Waals surface area contributed by atoms with Crippen molar-refractivity contribution < 1.29 is 5.11 Å². The smallest absolute Gasteiger partial charge is 0.0681 e. The second kappa shape index (κ2) is 5.83. The topological polar surface area (TPSA) is 35.5 Å². The molecule has 1 fully saturated rings. The summed E-state index contributed by atoms with van der Waals surface area (Å²) in [5.41, 5.74) is 2.64. The van der Waals surface area contributed by atoms with Gasteiger partial charge in [0.05, 0.1) is 6.61 Å². The maximum absolute atomic E-state index is 9.02. The van der Waals surface area contributed by atoms with Gasteiger partial charge >= 0.3 is 0 Å². The van der Waals surface area contributed by atoms with Gasteiger partial charge in [-0.25, -0.2) is 0 Å². The van der Waals surface area contributed by atoms with Crippen LogP contribution in [0.5, 0.6) is 0 Å².